The molecule has 0 aliphatic carbocycles. The predicted molar refractivity (Wildman–Crippen MR) is 125 cm³/mol. The number of hydrogen-bond acceptors (Lipinski definition) is 5. The monoisotopic (exact) mass is 482 g/mol. The van der Waals surface area contributed by atoms with Gasteiger partial charge in [-0.15, -0.1) is 0 Å². The van der Waals surface area contributed by atoms with Gasteiger partial charge in [-0.25, -0.2) is 0 Å². The number of methoxy groups -OCH3 is 2. The molecule has 0 aliphatic heterocycles. The smallest absolute Gasteiger partial charge is 0.261 e. The molecule has 1 atom stereocenters. The molecule has 0 saturated carbocycles. The van der Waals surface area contributed by atoms with Gasteiger partial charge in [-0.05, 0) is 32.9 Å². The van der Waals surface area contributed by atoms with Gasteiger partial charge in [-0.2, -0.15) is 0 Å². The third-order valence-corrected chi connectivity index (χ3v) is 5.38. The molecule has 32 heavy (non-hydrogen) atoms. The van der Waals surface area contributed by atoms with Crippen molar-refractivity contribution in [1.82, 2.24) is 10.2 Å². The van der Waals surface area contributed by atoms with Gasteiger partial charge in [0.05, 0.1) is 14.2 Å². The Labute approximate surface area is 198 Å². The van der Waals surface area contributed by atoms with E-state index in [4.69, 9.17) is 37.4 Å². The van der Waals surface area contributed by atoms with Crippen LogP contribution in [0, 0.1) is 0 Å². The fraction of sp³-hybridized carbons (Fsp3) is 0.391. The van der Waals surface area contributed by atoms with E-state index in [0.29, 0.717) is 32.9 Å². The van der Waals surface area contributed by atoms with Crippen molar-refractivity contribution < 1.29 is 23.8 Å². The average Bonchev–Trinajstić information content (AvgIpc) is 2.76. The predicted octanol–water partition coefficient (Wildman–Crippen LogP) is 4.33. The second-order valence-corrected chi connectivity index (χ2v) is 8.21. The van der Waals surface area contributed by atoms with E-state index < -0.39 is 11.9 Å². The number of hydrogen-bond donors (Lipinski definition) is 1. The van der Waals surface area contributed by atoms with E-state index in [-0.39, 0.29) is 25.1 Å². The molecule has 0 bridgehead atoms. The van der Waals surface area contributed by atoms with Crippen LogP contribution in [0.5, 0.6) is 17.2 Å². The summed E-state index contributed by atoms with van der Waals surface area (Å²) in [7, 11) is 3.04. The van der Waals surface area contributed by atoms with Crippen LogP contribution in [0.1, 0.15) is 26.3 Å². The van der Waals surface area contributed by atoms with Crippen molar-refractivity contribution >= 4 is 35.0 Å². The maximum absolute atomic E-state index is 13.2. The van der Waals surface area contributed by atoms with E-state index >= 15 is 0 Å². The summed E-state index contributed by atoms with van der Waals surface area (Å²) in [6.07, 6.45) is 0. The fourth-order valence-electron chi connectivity index (χ4n) is 2.93. The number of ether oxygens (including phenoxy) is 3. The standard InChI is InChI=1S/C23H28Cl2N2O5/c1-14(2)26-23(29)15(3)27(12-19-20(24)7-6-8-21(19)25)22(28)13-32-18-10-16(30-4)9-17(11-18)31-5/h6-11,14-15H,12-13H2,1-5H3,(H,26,29)/t15-/m0/s1. The summed E-state index contributed by atoms with van der Waals surface area (Å²) in [4.78, 5) is 27.2. The van der Waals surface area contributed by atoms with Crippen LogP contribution in [-0.2, 0) is 16.1 Å². The van der Waals surface area contributed by atoms with Crippen LogP contribution in [-0.4, -0.2) is 49.6 Å². The summed E-state index contributed by atoms with van der Waals surface area (Å²) in [5.41, 5.74) is 0.552. The van der Waals surface area contributed by atoms with Crippen LogP contribution in [0.2, 0.25) is 10.0 Å². The summed E-state index contributed by atoms with van der Waals surface area (Å²) in [6, 6.07) is 9.20. The molecule has 2 aromatic carbocycles. The molecule has 0 fully saturated rings. The highest BCUT2D eigenvalue weighted by Crippen LogP contribution is 2.28. The summed E-state index contributed by atoms with van der Waals surface area (Å²) >= 11 is 12.6. The van der Waals surface area contributed by atoms with Gasteiger partial charge in [0, 0.05) is 46.4 Å². The molecule has 0 heterocycles. The average molecular weight is 483 g/mol. The summed E-state index contributed by atoms with van der Waals surface area (Å²) in [5.74, 6) is 0.741. The van der Waals surface area contributed by atoms with Gasteiger partial charge in [0.25, 0.3) is 5.91 Å². The Bertz CT molecular complexity index is 909. The number of carbonyl (C=O) groups excluding carboxylic acids is 2. The molecular weight excluding hydrogens is 455 g/mol. The number of halogens is 2. The third kappa shape index (κ3) is 6.93. The Balaban J connectivity index is 2.26. The van der Waals surface area contributed by atoms with E-state index in [0.717, 1.165) is 0 Å². The van der Waals surface area contributed by atoms with Crippen LogP contribution in [0.25, 0.3) is 0 Å². The van der Waals surface area contributed by atoms with Gasteiger partial charge < -0.3 is 24.4 Å². The van der Waals surface area contributed by atoms with Gasteiger partial charge in [0.15, 0.2) is 6.61 Å². The molecule has 7 nitrogen and oxygen atoms in total. The topological polar surface area (TPSA) is 77.1 Å². The minimum Gasteiger partial charge on any atom is -0.496 e. The van der Waals surface area contributed by atoms with Crippen molar-refractivity contribution in [1.29, 1.82) is 0 Å². The van der Waals surface area contributed by atoms with Crippen molar-refractivity contribution in [2.45, 2.75) is 39.4 Å². The first-order chi connectivity index (χ1) is 15.2. The first-order valence-electron chi connectivity index (χ1n) is 10.0. The lowest BCUT2D eigenvalue weighted by atomic mass is 10.1. The van der Waals surface area contributed by atoms with Crippen molar-refractivity contribution in [3.8, 4) is 17.2 Å². The van der Waals surface area contributed by atoms with E-state index in [9.17, 15) is 9.59 Å². The number of benzene rings is 2. The Hall–Kier alpha value is -2.64. The van der Waals surface area contributed by atoms with Crippen molar-refractivity contribution in [2.24, 2.45) is 0 Å². The number of nitrogens with one attached hydrogen (secondary N) is 1. The van der Waals surface area contributed by atoms with Crippen LogP contribution < -0.4 is 19.5 Å². The lowest BCUT2D eigenvalue weighted by molar-refractivity contribution is -0.142. The highest BCUT2D eigenvalue weighted by molar-refractivity contribution is 6.36. The van der Waals surface area contributed by atoms with Crippen molar-refractivity contribution in [3.05, 3.63) is 52.0 Å². The van der Waals surface area contributed by atoms with E-state index in [2.05, 4.69) is 5.32 Å². The van der Waals surface area contributed by atoms with Gasteiger partial charge in [-0.3, -0.25) is 9.59 Å². The molecule has 0 radical (unpaired) electrons. The first kappa shape index (κ1) is 25.6. The van der Waals surface area contributed by atoms with E-state index in [1.807, 2.05) is 13.8 Å². The minimum atomic E-state index is -0.777. The fourth-order valence-corrected chi connectivity index (χ4v) is 3.45. The molecule has 2 amide bonds. The van der Waals surface area contributed by atoms with Gasteiger partial charge in [0.2, 0.25) is 5.91 Å². The molecule has 0 aromatic heterocycles. The van der Waals surface area contributed by atoms with Crippen LogP contribution in [0.4, 0.5) is 0 Å². The lowest BCUT2D eigenvalue weighted by Gasteiger charge is -2.30. The normalized spacial score (nSPS) is 11.6. The Morgan fingerprint density at radius 3 is 2.00 bits per heavy atom. The minimum absolute atomic E-state index is 0.0504. The summed E-state index contributed by atoms with van der Waals surface area (Å²) < 4.78 is 16.1. The summed E-state index contributed by atoms with van der Waals surface area (Å²) in [5, 5.41) is 3.64. The Kier molecular flexibility index (Phi) is 9.47. The first-order valence-corrected chi connectivity index (χ1v) is 10.8. The number of carbonyl (C=O) groups is 2. The maximum atomic E-state index is 13.2. The van der Waals surface area contributed by atoms with Gasteiger partial charge in [0.1, 0.15) is 23.3 Å². The Morgan fingerprint density at radius 1 is 0.969 bits per heavy atom. The lowest BCUT2D eigenvalue weighted by Crippen LogP contribution is -2.50. The Morgan fingerprint density at radius 2 is 1.50 bits per heavy atom. The van der Waals surface area contributed by atoms with Gasteiger partial charge in [-0.1, -0.05) is 29.3 Å². The largest absolute Gasteiger partial charge is 0.496 e. The molecule has 0 aliphatic rings. The second-order valence-electron chi connectivity index (χ2n) is 7.40. The number of rotatable bonds is 10. The molecule has 0 unspecified atom stereocenters. The van der Waals surface area contributed by atoms with Crippen molar-refractivity contribution in [3.63, 3.8) is 0 Å². The van der Waals surface area contributed by atoms with Crippen molar-refractivity contribution in [2.75, 3.05) is 20.8 Å². The SMILES string of the molecule is COc1cc(OC)cc(OCC(=O)N(Cc2c(Cl)cccc2Cl)[C@@H](C)C(=O)NC(C)C)c1. The zero-order valence-corrected chi connectivity index (χ0v) is 20.3. The molecule has 0 saturated heterocycles. The molecule has 2 rings (SSSR count). The number of nitrogens with zero attached hydrogens (tertiary/aromatic N) is 1. The molecule has 174 valence electrons. The highest BCUT2D eigenvalue weighted by Gasteiger charge is 2.28. The zero-order chi connectivity index (χ0) is 23.8. The molecular formula is C23H28Cl2N2O5. The second kappa shape index (κ2) is 11.8. The van der Waals surface area contributed by atoms with E-state index in [1.54, 1.807) is 43.3 Å². The maximum Gasteiger partial charge on any atom is 0.261 e. The van der Waals surface area contributed by atoms with Gasteiger partial charge >= 0.3 is 0 Å². The van der Waals surface area contributed by atoms with E-state index in [1.165, 1.54) is 19.1 Å². The zero-order valence-electron chi connectivity index (χ0n) is 18.8. The van der Waals surface area contributed by atoms with Crippen LogP contribution >= 0.6 is 23.2 Å². The van der Waals surface area contributed by atoms with Crippen LogP contribution in [0.3, 0.4) is 0 Å². The molecule has 2 aromatic rings. The quantitative estimate of drug-likeness (QED) is 0.545. The third-order valence-electron chi connectivity index (χ3n) is 4.68. The number of amides is 2. The highest BCUT2D eigenvalue weighted by atomic mass is 35.5. The summed E-state index contributed by atoms with van der Waals surface area (Å²) in [6.45, 7) is 5.09. The van der Waals surface area contributed by atoms with Crippen LogP contribution in [0.15, 0.2) is 36.4 Å². The molecule has 9 heteroatoms. The molecule has 0 spiro atoms. The molecule has 1 N–H and O–H groups in total.